The maximum absolute atomic E-state index is 6.78. The number of hydrogen-bond acceptors (Lipinski definition) is 0. The van der Waals surface area contributed by atoms with Crippen LogP contribution in [-0.4, -0.2) is 6.54 Å². The molecule has 0 aromatic rings. The van der Waals surface area contributed by atoms with Crippen molar-refractivity contribution >= 4 is 0 Å². The molecule has 0 amide bonds. The molecular formula is C6H14NNa. The summed E-state index contributed by atoms with van der Waals surface area (Å²) in [5, 5.41) is 0. The molecule has 1 N–H and O–H groups in total. The van der Waals surface area contributed by atoms with Crippen LogP contribution in [0.25, 0.3) is 5.73 Å². The third kappa shape index (κ3) is 10.0. The van der Waals surface area contributed by atoms with Gasteiger partial charge in [-0.2, -0.15) is 6.54 Å². The largest absolute Gasteiger partial charge is 1.00 e. The topological polar surface area (TPSA) is 23.8 Å². The predicted octanol–water partition coefficient (Wildman–Crippen LogP) is -0.377. The van der Waals surface area contributed by atoms with Crippen LogP contribution < -0.4 is 29.6 Å². The van der Waals surface area contributed by atoms with Crippen LogP contribution in [0.4, 0.5) is 0 Å². The van der Waals surface area contributed by atoms with E-state index in [1.807, 2.05) is 0 Å². The summed E-state index contributed by atoms with van der Waals surface area (Å²) in [5.74, 6) is 0. The molecule has 8 heavy (non-hydrogen) atoms. The molecule has 0 unspecified atom stereocenters. The van der Waals surface area contributed by atoms with Gasteiger partial charge in [0, 0.05) is 0 Å². The van der Waals surface area contributed by atoms with Gasteiger partial charge in [-0.15, -0.1) is 0 Å². The summed E-state index contributed by atoms with van der Waals surface area (Å²) in [4.78, 5) is 0. The molecule has 0 rings (SSSR count). The average Bonchev–Trinajstić information content (AvgIpc) is 1.69. The Morgan fingerprint density at radius 3 is 2.12 bits per heavy atom. The number of hydrogen-bond donors (Lipinski definition) is 0. The van der Waals surface area contributed by atoms with Gasteiger partial charge in [-0.25, -0.2) is 0 Å². The summed E-state index contributed by atoms with van der Waals surface area (Å²) in [6, 6.07) is 0. The van der Waals surface area contributed by atoms with Crippen molar-refractivity contribution in [1.29, 1.82) is 0 Å². The fraction of sp³-hybridized carbons (Fsp3) is 1.00. The van der Waals surface area contributed by atoms with Gasteiger partial charge in [0.2, 0.25) is 0 Å². The Labute approximate surface area is 74.3 Å². The van der Waals surface area contributed by atoms with Gasteiger partial charge in [0.1, 0.15) is 0 Å². The van der Waals surface area contributed by atoms with Crippen molar-refractivity contribution in [2.45, 2.75) is 32.6 Å². The Hall–Kier alpha value is 0.960. The van der Waals surface area contributed by atoms with Gasteiger partial charge in [0.15, 0.2) is 0 Å². The molecule has 0 aliphatic heterocycles. The van der Waals surface area contributed by atoms with Crippen LogP contribution in [0.2, 0.25) is 0 Å². The van der Waals surface area contributed by atoms with Crippen molar-refractivity contribution in [3.05, 3.63) is 5.73 Å². The number of unbranched alkanes of at least 4 members (excludes halogenated alkanes) is 3. The van der Waals surface area contributed by atoms with Crippen LogP contribution in [-0.2, 0) is 0 Å². The van der Waals surface area contributed by atoms with E-state index in [1.54, 1.807) is 0 Å². The molecule has 0 saturated heterocycles. The van der Waals surface area contributed by atoms with Gasteiger partial charge >= 0.3 is 29.6 Å². The Balaban J connectivity index is 0. The van der Waals surface area contributed by atoms with Crippen molar-refractivity contribution in [3.8, 4) is 0 Å². The first kappa shape index (κ1) is 11.7. The second-order valence-electron chi connectivity index (χ2n) is 1.81. The summed E-state index contributed by atoms with van der Waals surface area (Å²) in [5.41, 5.74) is 6.78. The Morgan fingerprint density at radius 2 is 1.75 bits per heavy atom. The minimum absolute atomic E-state index is 0. The van der Waals surface area contributed by atoms with Gasteiger partial charge < -0.3 is 5.73 Å². The summed E-state index contributed by atoms with van der Waals surface area (Å²) in [6.07, 6.45) is 4.92. The molecule has 0 heterocycles. The molecule has 0 aromatic carbocycles. The maximum Gasteiger partial charge on any atom is 1.00 e. The van der Waals surface area contributed by atoms with Gasteiger partial charge in [0.05, 0.1) is 0 Å². The van der Waals surface area contributed by atoms with Crippen molar-refractivity contribution in [2.24, 2.45) is 0 Å². The standard InChI is InChI=1S/C6H14N.Na/c1-2-3-4-5-6-7;/h7H,2-6H2,1H3;/q-1;+1. The molecule has 0 fully saturated rings. The monoisotopic (exact) mass is 123 g/mol. The Bertz CT molecular complexity index is 27.7. The smallest absolute Gasteiger partial charge is 0.677 e. The number of rotatable bonds is 4. The van der Waals surface area contributed by atoms with Gasteiger partial charge in [0.25, 0.3) is 0 Å². The van der Waals surface area contributed by atoms with E-state index in [9.17, 15) is 0 Å². The second kappa shape index (κ2) is 10.9. The molecular weight excluding hydrogens is 109 g/mol. The van der Waals surface area contributed by atoms with Gasteiger partial charge in [-0.05, 0) is 0 Å². The van der Waals surface area contributed by atoms with E-state index in [1.165, 1.54) is 19.3 Å². The summed E-state index contributed by atoms with van der Waals surface area (Å²) >= 11 is 0. The van der Waals surface area contributed by atoms with Crippen molar-refractivity contribution < 1.29 is 29.6 Å². The Morgan fingerprint density at radius 1 is 1.12 bits per heavy atom. The molecule has 0 aliphatic rings. The maximum atomic E-state index is 6.78. The van der Waals surface area contributed by atoms with E-state index in [0.29, 0.717) is 6.54 Å². The molecule has 0 aliphatic carbocycles. The van der Waals surface area contributed by atoms with Crippen LogP contribution >= 0.6 is 0 Å². The van der Waals surface area contributed by atoms with E-state index >= 15 is 0 Å². The summed E-state index contributed by atoms with van der Waals surface area (Å²) in [6.45, 7) is 2.80. The molecule has 0 saturated carbocycles. The summed E-state index contributed by atoms with van der Waals surface area (Å²) in [7, 11) is 0. The van der Waals surface area contributed by atoms with Crippen LogP contribution in [0.15, 0.2) is 0 Å². The van der Waals surface area contributed by atoms with E-state index in [0.717, 1.165) is 6.42 Å². The van der Waals surface area contributed by atoms with E-state index in [-0.39, 0.29) is 29.6 Å². The normalized spacial score (nSPS) is 8.25. The van der Waals surface area contributed by atoms with E-state index < -0.39 is 0 Å². The van der Waals surface area contributed by atoms with E-state index in [4.69, 9.17) is 5.73 Å². The quantitative estimate of drug-likeness (QED) is 0.359. The fourth-order valence-corrected chi connectivity index (χ4v) is 0.552. The fourth-order valence-electron chi connectivity index (χ4n) is 0.552. The molecule has 0 radical (unpaired) electrons. The average molecular weight is 123 g/mol. The van der Waals surface area contributed by atoms with E-state index in [2.05, 4.69) is 6.92 Å². The first-order valence-electron chi connectivity index (χ1n) is 3.06. The molecule has 2 heteroatoms. The SMILES string of the molecule is CCCCCC[NH-].[Na+]. The molecule has 0 bridgehead atoms. The van der Waals surface area contributed by atoms with Gasteiger partial charge in [-0.3, -0.25) is 0 Å². The molecule has 0 atom stereocenters. The third-order valence-electron chi connectivity index (χ3n) is 1.03. The van der Waals surface area contributed by atoms with Gasteiger partial charge in [-0.1, -0.05) is 32.6 Å². The minimum Gasteiger partial charge on any atom is -0.677 e. The molecule has 1 nitrogen and oxygen atoms in total. The third-order valence-corrected chi connectivity index (χ3v) is 1.03. The van der Waals surface area contributed by atoms with Crippen LogP contribution in [0, 0.1) is 0 Å². The molecule has 44 valence electrons. The van der Waals surface area contributed by atoms with Crippen LogP contribution in [0.1, 0.15) is 32.6 Å². The molecule has 0 spiro atoms. The second-order valence-corrected chi connectivity index (χ2v) is 1.81. The van der Waals surface area contributed by atoms with Crippen molar-refractivity contribution in [1.82, 2.24) is 0 Å². The zero-order valence-corrected chi connectivity index (χ0v) is 8.04. The zero-order chi connectivity index (χ0) is 5.54. The minimum atomic E-state index is 0. The summed E-state index contributed by atoms with van der Waals surface area (Å²) < 4.78 is 0. The van der Waals surface area contributed by atoms with Crippen LogP contribution in [0.5, 0.6) is 0 Å². The Kier molecular flexibility index (Phi) is 15.9. The first-order chi connectivity index (χ1) is 3.41. The zero-order valence-electron chi connectivity index (χ0n) is 6.04. The first-order valence-corrected chi connectivity index (χ1v) is 3.06. The van der Waals surface area contributed by atoms with Crippen molar-refractivity contribution in [3.63, 3.8) is 0 Å². The van der Waals surface area contributed by atoms with Crippen molar-refractivity contribution in [2.75, 3.05) is 6.54 Å². The predicted molar refractivity (Wildman–Crippen MR) is 33.3 cm³/mol. The number of nitrogens with one attached hydrogen (secondary N) is 1. The molecule has 0 aromatic heterocycles. The van der Waals surface area contributed by atoms with Crippen LogP contribution in [0.3, 0.4) is 0 Å².